The van der Waals surface area contributed by atoms with E-state index in [9.17, 15) is 22.8 Å². The summed E-state index contributed by atoms with van der Waals surface area (Å²) in [6, 6.07) is 5.04. The van der Waals surface area contributed by atoms with E-state index in [4.69, 9.17) is 0 Å². The average Bonchev–Trinajstić information content (AvgIpc) is 2.57. The number of halogens is 3. The molecule has 4 aliphatic carbocycles. The molecule has 2 N–H and O–H groups in total. The molecule has 29 heavy (non-hydrogen) atoms. The molecule has 0 heterocycles. The lowest BCUT2D eigenvalue weighted by molar-refractivity contribution is -0.274. The fourth-order valence-electron chi connectivity index (χ4n) is 6.06. The molecule has 0 saturated heterocycles. The molecule has 5 rings (SSSR count). The second-order valence-electron chi connectivity index (χ2n) is 8.99. The summed E-state index contributed by atoms with van der Waals surface area (Å²) < 4.78 is 40.7. The Bertz CT molecular complexity index is 758. The van der Waals surface area contributed by atoms with Gasteiger partial charge in [0.05, 0.1) is 6.54 Å². The molecule has 0 unspecified atom stereocenters. The molecular weight excluding hydrogens is 385 g/mol. The van der Waals surface area contributed by atoms with Crippen LogP contribution in [-0.2, 0) is 9.59 Å². The van der Waals surface area contributed by atoms with Crippen LogP contribution in [0, 0.1) is 23.2 Å². The predicted octanol–water partition coefficient (Wildman–Crippen LogP) is 4.25. The molecule has 0 radical (unpaired) electrons. The van der Waals surface area contributed by atoms with Gasteiger partial charge in [0.25, 0.3) is 0 Å². The minimum Gasteiger partial charge on any atom is -0.406 e. The number of hydrogen-bond donors (Lipinski definition) is 2. The van der Waals surface area contributed by atoms with Crippen LogP contribution in [0.1, 0.15) is 44.9 Å². The normalized spacial score (nSPS) is 30.1. The van der Waals surface area contributed by atoms with Gasteiger partial charge < -0.3 is 15.4 Å². The SMILES string of the molecule is O=C(CC12CC3CC(CC(C3)C1)C2)NCC(=O)Nc1cccc(OC(F)(F)F)c1. The highest BCUT2D eigenvalue weighted by molar-refractivity contribution is 5.94. The summed E-state index contributed by atoms with van der Waals surface area (Å²) >= 11 is 0. The molecule has 158 valence electrons. The second-order valence-corrected chi connectivity index (χ2v) is 8.99. The number of carbonyl (C=O) groups is 2. The first-order valence-corrected chi connectivity index (χ1v) is 10.1. The minimum absolute atomic E-state index is 0.0958. The Kier molecular flexibility index (Phi) is 5.21. The van der Waals surface area contributed by atoms with E-state index in [-0.39, 0.29) is 23.6 Å². The van der Waals surface area contributed by atoms with Crippen LogP contribution < -0.4 is 15.4 Å². The van der Waals surface area contributed by atoms with E-state index >= 15 is 0 Å². The molecule has 1 aromatic rings. The Labute approximate surface area is 167 Å². The predicted molar refractivity (Wildman–Crippen MR) is 100.0 cm³/mol. The number of carbonyl (C=O) groups excluding carboxylic acids is 2. The van der Waals surface area contributed by atoms with Crippen molar-refractivity contribution in [1.82, 2.24) is 5.32 Å². The van der Waals surface area contributed by atoms with Crippen molar-refractivity contribution in [3.8, 4) is 5.75 Å². The van der Waals surface area contributed by atoms with Crippen LogP contribution in [0.4, 0.5) is 18.9 Å². The van der Waals surface area contributed by atoms with E-state index in [1.54, 1.807) is 0 Å². The smallest absolute Gasteiger partial charge is 0.406 e. The molecule has 4 saturated carbocycles. The van der Waals surface area contributed by atoms with Gasteiger partial charge in [0.1, 0.15) is 5.75 Å². The van der Waals surface area contributed by atoms with Crippen molar-refractivity contribution in [3.63, 3.8) is 0 Å². The van der Waals surface area contributed by atoms with Crippen molar-refractivity contribution >= 4 is 17.5 Å². The lowest BCUT2D eigenvalue weighted by Crippen LogP contribution is -2.48. The maximum Gasteiger partial charge on any atom is 0.573 e. The van der Waals surface area contributed by atoms with Crippen LogP contribution in [0.25, 0.3) is 0 Å². The fourth-order valence-corrected chi connectivity index (χ4v) is 6.06. The Hall–Kier alpha value is -2.25. The molecule has 8 heteroatoms. The molecule has 1 aromatic carbocycles. The summed E-state index contributed by atoms with van der Waals surface area (Å²) in [6.45, 7) is -0.213. The monoisotopic (exact) mass is 410 g/mol. The molecule has 4 bridgehead atoms. The fraction of sp³-hybridized carbons (Fsp3) is 0.619. The van der Waals surface area contributed by atoms with Crippen molar-refractivity contribution in [1.29, 1.82) is 0 Å². The Morgan fingerprint density at radius 2 is 1.66 bits per heavy atom. The molecule has 4 fully saturated rings. The lowest BCUT2D eigenvalue weighted by atomic mass is 9.49. The third-order valence-electron chi connectivity index (χ3n) is 6.50. The molecule has 0 spiro atoms. The van der Waals surface area contributed by atoms with Crippen molar-refractivity contribution < 1.29 is 27.5 Å². The van der Waals surface area contributed by atoms with E-state index < -0.39 is 18.0 Å². The second kappa shape index (κ2) is 7.54. The van der Waals surface area contributed by atoms with Gasteiger partial charge in [0.2, 0.25) is 11.8 Å². The van der Waals surface area contributed by atoms with Gasteiger partial charge >= 0.3 is 6.36 Å². The zero-order chi connectivity index (χ0) is 20.6. The van der Waals surface area contributed by atoms with Crippen LogP contribution in [0.5, 0.6) is 5.75 Å². The van der Waals surface area contributed by atoms with Gasteiger partial charge in [-0.25, -0.2) is 0 Å². The first-order valence-electron chi connectivity index (χ1n) is 10.1. The third-order valence-corrected chi connectivity index (χ3v) is 6.50. The maximum atomic E-state index is 12.5. The van der Waals surface area contributed by atoms with E-state index in [1.165, 1.54) is 31.4 Å². The first kappa shape index (κ1) is 20.0. The van der Waals surface area contributed by atoms with E-state index in [1.807, 2.05) is 0 Å². The van der Waals surface area contributed by atoms with Gasteiger partial charge in [0, 0.05) is 18.2 Å². The molecule has 0 aromatic heterocycles. The molecule has 0 aliphatic heterocycles. The quantitative estimate of drug-likeness (QED) is 0.737. The summed E-state index contributed by atoms with van der Waals surface area (Å²) in [5, 5.41) is 5.15. The van der Waals surface area contributed by atoms with Crippen molar-refractivity contribution in [3.05, 3.63) is 24.3 Å². The maximum absolute atomic E-state index is 12.5. The van der Waals surface area contributed by atoms with Crippen LogP contribution >= 0.6 is 0 Å². The van der Waals surface area contributed by atoms with E-state index in [0.29, 0.717) is 6.42 Å². The molecule has 4 aliphatic rings. The van der Waals surface area contributed by atoms with Crippen molar-refractivity contribution in [2.24, 2.45) is 23.2 Å². The van der Waals surface area contributed by atoms with Crippen LogP contribution in [0.2, 0.25) is 0 Å². The van der Waals surface area contributed by atoms with Crippen molar-refractivity contribution in [2.45, 2.75) is 51.3 Å². The number of anilines is 1. The first-order chi connectivity index (χ1) is 13.7. The van der Waals surface area contributed by atoms with Gasteiger partial charge in [0.15, 0.2) is 0 Å². The number of amides is 2. The summed E-state index contributed by atoms with van der Waals surface area (Å²) in [4.78, 5) is 24.5. The number of nitrogens with one attached hydrogen (secondary N) is 2. The van der Waals surface area contributed by atoms with Crippen LogP contribution in [0.3, 0.4) is 0 Å². The average molecular weight is 410 g/mol. The van der Waals surface area contributed by atoms with Gasteiger partial charge in [-0.15, -0.1) is 13.2 Å². The molecule has 2 amide bonds. The minimum atomic E-state index is -4.80. The Morgan fingerprint density at radius 1 is 1.03 bits per heavy atom. The van der Waals surface area contributed by atoms with Gasteiger partial charge in [-0.2, -0.15) is 0 Å². The van der Waals surface area contributed by atoms with Crippen molar-refractivity contribution in [2.75, 3.05) is 11.9 Å². The molecule has 5 nitrogen and oxygen atoms in total. The lowest BCUT2D eigenvalue weighted by Gasteiger charge is -2.56. The highest BCUT2D eigenvalue weighted by Gasteiger charge is 2.51. The standard InChI is InChI=1S/C21H25F3N2O3/c22-21(23,24)29-17-3-1-2-16(7-17)26-19(28)12-25-18(27)11-20-8-13-4-14(9-20)6-15(5-13)10-20/h1-3,7,13-15H,4-6,8-12H2,(H,25,27)(H,26,28). The van der Waals surface area contributed by atoms with E-state index in [0.717, 1.165) is 49.1 Å². The number of rotatable bonds is 6. The third kappa shape index (κ3) is 5.03. The zero-order valence-electron chi connectivity index (χ0n) is 16.1. The summed E-state index contributed by atoms with van der Waals surface area (Å²) in [5.74, 6) is 1.22. The topological polar surface area (TPSA) is 67.4 Å². The number of benzene rings is 1. The summed E-state index contributed by atoms with van der Waals surface area (Å²) in [7, 11) is 0. The highest BCUT2D eigenvalue weighted by Crippen LogP contribution is 2.61. The van der Waals surface area contributed by atoms with Crippen LogP contribution in [0.15, 0.2) is 24.3 Å². The highest BCUT2D eigenvalue weighted by atomic mass is 19.4. The number of hydrogen-bond acceptors (Lipinski definition) is 3. The molecule has 0 atom stereocenters. The van der Waals surface area contributed by atoms with E-state index in [2.05, 4.69) is 15.4 Å². The van der Waals surface area contributed by atoms with Crippen LogP contribution in [-0.4, -0.2) is 24.7 Å². The number of ether oxygens (including phenoxy) is 1. The van der Waals surface area contributed by atoms with Gasteiger partial charge in [-0.05, 0) is 73.8 Å². The van der Waals surface area contributed by atoms with Gasteiger partial charge in [-0.1, -0.05) is 6.07 Å². The Morgan fingerprint density at radius 3 is 2.24 bits per heavy atom. The summed E-state index contributed by atoms with van der Waals surface area (Å²) in [6.07, 6.45) is 2.92. The number of alkyl halides is 3. The Balaban J connectivity index is 1.26. The molecular formula is C21H25F3N2O3. The zero-order valence-corrected chi connectivity index (χ0v) is 16.1. The largest absolute Gasteiger partial charge is 0.573 e. The summed E-state index contributed by atoms with van der Waals surface area (Å²) in [5.41, 5.74) is 0.269. The van der Waals surface area contributed by atoms with Gasteiger partial charge in [-0.3, -0.25) is 9.59 Å².